The number of hydrogen-bond donors (Lipinski definition) is 0. The first-order chi connectivity index (χ1) is 16.1. The maximum absolute atomic E-state index is 13.8. The predicted octanol–water partition coefficient (Wildman–Crippen LogP) is 5.95. The number of ether oxygens (including phenoxy) is 1. The van der Waals surface area contributed by atoms with Gasteiger partial charge in [-0.1, -0.05) is 54.1 Å². The Kier molecular flexibility index (Phi) is 6.05. The van der Waals surface area contributed by atoms with E-state index in [4.69, 9.17) is 21.3 Å². The lowest BCUT2D eigenvalue weighted by molar-refractivity contribution is 0.0720. The van der Waals surface area contributed by atoms with E-state index in [1.165, 1.54) is 12.8 Å². The number of nitrogens with zero attached hydrogens (tertiary/aromatic N) is 3. The Labute approximate surface area is 198 Å². The van der Waals surface area contributed by atoms with Crippen molar-refractivity contribution in [2.45, 2.75) is 32.5 Å². The van der Waals surface area contributed by atoms with Gasteiger partial charge < -0.3 is 14.2 Å². The minimum Gasteiger partial charge on any atom is -0.496 e. The van der Waals surface area contributed by atoms with Gasteiger partial charge in [-0.3, -0.25) is 4.79 Å². The zero-order valence-electron chi connectivity index (χ0n) is 18.6. The Bertz CT molecular complexity index is 1280. The lowest BCUT2D eigenvalue weighted by Gasteiger charge is -2.24. The first-order valence-corrected chi connectivity index (χ1v) is 11.6. The van der Waals surface area contributed by atoms with Gasteiger partial charge in [0, 0.05) is 18.1 Å². The molecule has 1 aliphatic rings. The van der Waals surface area contributed by atoms with E-state index in [2.05, 4.69) is 10.6 Å². The van der Waals surface area contributed by atoms with Gasteiger partial charge in [0.05, 0.1) is 30.3 Å². The zero-order valence-corrected chi connectivity index (χ0v) is 19.3. The third-order valence-electron chi connectivity index (χ3n) is 6.10. The van der Waals surface area contributed by atoms with Gasteiger partial charge in [-0.2, -0.15) is 0 Å². The van der Waals surface area contributed by atoms with E-state index in [0.717, 1.165) is 29.0 Å². The number of carbonyl (C=O) groups is 1. The fourth-order valence-electron chi connectivity index (χ4n) is 4.20. The van der Waals surface area contributed by atoms with Crippen molar-refractivity contribution >= 4 is 28.5 Å². The Morgan fingerprint density at radius 3 is 2.58 bits per heavy atom. The molecule has 168 valence electrons. The minimum atomic E-state index is -0.136. The summed E-state index contributed by atoms with van der Waals surface area (Å²) in [6.07, 6.45) is 2.50. The quantitative estimate of drug-likeness (QED) is 0.327. The fourth-order valence-corrected chi connectivity index (χ4v) is 4.37. The molecule has 1 heterocycles. The van der Waals surface area contributed by atoms with Gasteiger partial charge in [0.2, 0.25) is 0 Å². The summed E-state index contributed by atoms with van der Waals surface area (Å²) in [5.74, 6) is 1.96. The molecule has 0 aliphatic heterocycles. The van der Waals surface area contributed by atoms with Crippen LogP contribution in [0.2, 0.25) is 5.02 Å². The Balaban J connectivity index is 1.54. The molecule has 1 saturated carbocycles. The number of rotatable bonds is 8. The number of benzene rings is 3. The van der Waals surface area contributed by atoms with Crippen molar-refractivity contribution in [3.05, 3.63) is 94.8 Å². The fraction of sp³-hybridized carbons (Fsp3) is 0.259. The van der Waals surface area contributed by atoms with Gasteiger partial charge in [0.15, 0.2) is 0 Å². The molecule has 0 N–H and O–H groups in total. The van der Waals surface area contributed by atoms with Crippen LogP contribution >= 0.6 is 11.6 Å². The summed E-state index contributed by atoms with van der Waals surface area (Å²) < 4.78 is 7.76. The standard InChI is InChI=1S/C27H26ClN3O2/c1-33-25-14-13-21(28)15-22(25)27(32)30(16-19-7-3-2-4-8-19)18-26-29-23-9-5-6-10-24(23)31(26)17-20-11-12-20/h2-10,13-15,20H,11-12,16-18H2,1H3. The number of methoxy groups -OCH3 is 1. The Hall–Kier alpha value is -3.31. The van der Waals surface area contributed by atoms with Crippen LogP contribution in [0.25, 0.3) is 11.0 Å². The van der Waals surface area contributed by atoms with Gasteiger partial charge in [-0.25, -0.2) is 4.98 Å². The second-order valence-electron chi connectivity index (χ2n) is 8.56. The summed E-state index contributed by atoms with van der Waals surface area (Å²) in [5.41, 5.74) is 3.58. The average molecular weight is 460 g/mol. The minimum absolute atomic E-state index is 0.136. The molecule has 3 aromatic carbocycles. The van der Waals surface area contributed by atoms with Crippen LogP contribution in [-0.2, 0) is 19.6 Å². The smallest absolute Gasteiger partial charge is 0.258 e. The molecule has 4 aromatic rings. The van der Waals surface area contributed by atoms with Crippen LogP contribution in [0.3, 0.4) is 0 Å². The van der Waals surface area contributed by atoms with Gasteiger partial charge in [-0.15, -0.1) is 0 Å². The molecule has 5 rings (SSSR count). The van der Waals surface area contributed by atoms with Gasteiger partial charge >= 0.3 is 0 Å². The first-order valence-electron chi connectivity index (χ1n) is 11.2. The lowest BCUT2D eigenvalue weighted by Crippen LogP contribution is -2.31. The molecule has 0 bridgehead atoms. The first kappa shape index (κ1) is 21.5. The highest BCUT2D eigenvalue weighted by Crippen LogP contribution is 2.33. The average Bonchev–Trinajstić information content (AvgIpc) is 3.60. The van der Waals surface area contributed by atoms with Crippen LogP contribution in [0.4, 0.5) is 0 Å². The number of halogens is 1. The van der Waals surface area contributed by atoms with Crippen molar-refractivity contribution < 1.29 is 9.53 Å². The molecule has 0 radical (unpaired) electrons. The van der Waals surface area contributed by atoms with Crippen LogP contribution in [0.5, 0.6) is 5.75 Å². The molecule has 1 aromatic heterocycles. The van der Waals surface area contributed by atoms with Crippen molar-refractivity contribution in [2.75, 3.05) is 7.11 Å². The van der Waals surface area contributed by atoms with E-state index in [1.807, 2.05) is 53.4 Å². The number of fused-ring (bicyclic) bond motifs is 1. The van der Waals surface area contributed by atoms with Crippen LogP contribution in [0.15, 0.2) is 72.8 Å². The lowest BCUT2D eigenvalue weighted by atomic mass is 10.1. The van der Waals surface area contributed by atoms with E-state index < -0.39 is 0 Å². The van der Waals surface area contributed by atoms with Crippen molar-refractivity contribution in [2.24, 2.45) is 5.92 Å². The number of carbonyl (C=O) groups excluding carboxylic acids is 1. The molecule has 1 fully saturated rings. The second-order valence-corrected chi connectivity index (χ2v) is 9.00. The number of amides is 1. The summed E-state index contributed by atoms with van der Waals surface area (Å²) in [6, 6.07) is 23.3. The van der Waals surface area contributed by atoms with Crippen molar-refractivity contribution in [3.8, 4) is 5.75 Å². The molecule has 0 unspecified atom stereocenters. The van der Waals surface area contributed by atoms with E-state index in [1.54, 1.807) is 25.3 Å². The van der Waals surface area contributed by atoms with E-state index in [-0.39, 0.29) is 5.91 Å². The van der Waals surface area contributed by atoms with E-state index in [0.29, 0.717) is 35.3 Å². The highest BCUT2D eigenvalue weighted by atomic mass is 35.5. The summed E-state index contributed by atoms with van der Waals surface area (Å²) in [4.78, 5) is 20.5. The maximum atomic E-state index is 13.8. The van der Waals surface area contributed by atoms with E-state index >= 15 is 0 Å². The van der Waals surface area contributed by atoms with E-state index in [9.17, 15) is 4.79 Å². The molecule has 0 saturated heterocycles. The summed E-state index contributed by atoms with van der Waals surface area (Å²) in [5, 5.41) is 0.500. The molecule has 0 spiro atoms. The molecular weight excluding hydrogens is 434 g/mol. The van der Waals surface area contributed by atoms with Gasteiger partial charge in [0.25, 0.3) is 5.91 Å². The topological polar surface area (TPSA) is 47.4 Å². The highest BCUT2D eigenvalue weighted by molar-refractivity contribution is 6.31. The molecule has 5 nitrogen and oxygen atoms in total. The van der Waals surface area contributed by atoms with Crippen molar-refractivity contribution in [1.82, 2.24) is 14.5 Å². The number of hydrogen-bond acceptors (Lipinski definition) is 3. The maximum Gasteiger partial charge on any atom is 0.258 e. The zero-order chi connectivity index (χ0) is 22.8. The Morgan fingerprint density at radius 2 is 1.82 bits per heavy atom. The number of imidazole rings is 1. The largest absolute Gasteiger partial charge is 0.496 e. The summed E-state index contributed by atoms with van der Waals surface area (Å²) in [6.45, 7) is 1.79. The normalized spacial score (nSPS) is 13.3. The number of para-hydroxylation sites is 2. The molecule has 1 amide bonds. The molecule has 1 aliphatic carbocycles. The monoisotopic (exact) mass is 459 g/mol. The predicted molar refractivity (Wildman–Crippen MR) is 130 cm³/mol. The molecule has 0 atom stereocenters. The summed E-state index contributed by atoms with van der Waals surface area (Å²) >= 11 is 6.24. The van der Waals surface area contributed by atoms with Gasteiger partial charge in [-0.05, 0) is 54.7 Å². The summed E-state index contributed by atoms with van der Waals surface area (Å²) in [7, 11) is 1.57. The highest BCUT2D eigenvalue weighted by Gasteiger charge is 2.27. The van der Waals surface area contributed by atoms with Crippen LogP contribution in [0.1, 0.15) is 34.6 Å². The molecule has 33 heavy (non-hydrogen) atoms. The van der Waals surface area contributed by atoms with Crippen LogP contribution in [0, 0.1) is 5.92 Å². The van der Waals surface area contributed by atoms with Crippen LogP contribution in [-0.4, -0.2) is 27.5 Å². The third kappa shape index (κ3) is 4.74. The third-order valence-corrected chi connectivity index (χ3v) is 6.33. The van der Waals surface area contributed by atoms with Crippen LogP contribution < -0.4 is 4.74 Å². The Morgan fingerprint density at radius 1 is 1.06 bits per heavy atom. The van der Waals surface area contributed by atoms with Gasteiger partial charge in [0.1, 0.15) is 11.6 Å². The number of aromatic nitrogens is 2. The molecule has 6 heteroatoms. The second kappa shape index (κ2) is 9.28. The SMILES string of the molecule is COc1ccc(Cl)cc1C(=O)N(Cc1ccccc1)Cc1nc2ccccc2n1CC1CC1. The molecular formula is C27H26ClN3O2. The van der Waals surface area contributed by atoms with Crippen molar-refractivity contribution in [1.29, 1.82) is 0 Å². The van der Waals surface area contributed by atoms with Crippen molar-refractivity contribution in [3.63, 3.8) is 0 Å².